The number of hydrogen-bond donors (Lipinski definition) is 1. The first kappa shape index (κ1) is 15.7. The zero-order chi connectivity index (χ0) is 17.2. The fourth-order valence-corrected chi connectivity index (χ4v) is 3.18. The molecular formula is C20H14BrN3O. The molecule has 1 amide bonds. The number of rotatable bonds is 2. The summed E-state index contributed by atoms with van der Waals surface area (Å²) < 4.78 is 0.906. The van der Waals surface area contributed by atoms with Gasteiger partial charge in [-0.2, -0.15) is 0 Å². The van der Waals surface area contributed by atoms with Gasteiger partial charge in [0.1, 0.15) is 0 Å². The minimum atomic E-state index is -0.0672. The number of fused-ring (bicyclic) bond motifs is 1. The van der Waals surface area contributed by atoms with E-state index in [2.05, 4.69) is 26.2 Å². The van der Waals surface area contributed by atoms with Crippen LogP contribution in [0.3, 0.4) is 0 Å². The second-order valence-electron chi connectivity index (χ2n) is 5.77. The Morgan fingerprint density at radius 3 is 2.64 bits per heavy atom. The Labute approximate surface area is 153 Å². The van der Waals surface area contributed by atoms with Crippen LogP contribution in [0.25, 0.3) is 11.1 Å². The molecule has 5 heteroatoms. The predicted octanol–water partition coefficient (Wildman–Crippen LogP) is 4.97. The van der Waals surface area contributed by atoms with Gasteiger partial charge in [0.15, 0.2) is 0 Å². The predicted molar refractivity (Wildman–Crippen MR) is 103 cm³/mol. The molecule has 3 aromatic rings. The SMILES string of the molecule is O=C1CC(c2cccc(-c3cccnc3)c2)=Nc2ccc(Br)cc2N1. The Balaban J connectivity index is 1.78. The molecule has 0 atom stereocenters. The Morgan fingerprint density at radius 1 is 0.960 bits per heavy atom. The summed E-state index contributed by atoms with van der Waals surface area (Å²) in [6.45, 7) is 0. The Bertz CT molecular complexity index is 983. The van der Waals surface area contributed by atoms with Gasteiger partial charge in [0.25, 0.3) is 0 Å². The number of anilines is 1. The molecule has 4 nitrogen and oxygen atoms in total. The van der Waals surface area contributed by atoms with Gasteiger partial charge in [-0.25, -0.2) is 0 Å². The van der Waals surface area contributed by atoms with E-state index >= 15 is 0 Å². The van der Waals surface area contributed by atoms with Crippen molar-refractivity contribution in [1.29, 1.82) is 0 Å². The van der Waals surface area contributed by atoms with E-state index < -0.39 is 0 Å². The molecule has 0 saturated heterocycles. The minimum absolute atomic E-state index is 0.0672. The van der Waals surface area contributed by atoms with Crippen LogP contribution in [0.5, 0.6) is 0 Å². The number of aromatic nitrogens is 1. The third-order valence-electron chi connectivity index (χ3n) is 4.01. The van der Waals surface area contributed by atoms with Crippen molar-refractivity contribution in [3.63, 3.8) is 0 Å². The molecule has 25 heavy (non-hydrogen) atoms. The van der Waals surface area contributed by atoms with Gasteiger partial charge >= 0.3 is 0 Å². The van der Waals surface area contributed by atoms with Gasteiger partial charge in [-0.15, -0.1) is 0 Å². The zero-order valence-corrected chi connectivity index (χ0v) is 14.8. The number of carbonyl (C=O) groups is 1. The Kier molecular flexibility index (Phi) is 4.15. The average Bonchev–Trinajstić information content (AvgIpc) is 2.80. The maximum Gasteiger partial charge on any atom is 0.230 e. The standard InChI is InChI=1S/C20H14BrN3O/c21-16-6-7-17-19(10-16)24-20(25)11-18(23-17)14-4-1-3-13(9-14)15-5-2-8-22-12-15/h1-10,12H,11H2,(H,24,25). The monoisotopic (exact) mass is 391 g/mol. The molecule has 0 unspecified atom stereocenters. The van der Waals surface area contributed by atoms with Crippen molar-refractivity contribution >= 4 is 38.9 Å². The molecule has 1 aromatic heterocycles. The van der Waals surface area contributed by atoms with Crippen LogP contribution < -0.4 is 5.32 Å². The van der Waals surface area contributed by atoms with Crippen molar-refractivity contribution in [3.05, 3.63) is 77.0 Å². The lowest BCUT2D eigenvalue weighted by Crippen LogP contribution is -2.15. The van der Waals surface area contributed by atoms with E-state index in [1.54, 1.807) is 6.20 Å². The number of amides is 1. The molecule has 1 aliphatic heterocycles. The highest BCUT2D eigenvalue weighted by Crippen LogP contribution is 2.32. The fourth-order valence-electron chi connectivity index (χ4n) is 2.82. The molecule has 2 aromatic carbocycles. The maximum atomic E-state index is 12.3. The minimum Gasteiger partial charge on any atom is -0.324 e. The summed E-state index contributed by atoms with van der Waals surface area (Å²) in [6, 6.07) is 17.6. The van der Waals surface area contributed by atoms with Gasteiger partial charge in [-0.05, 0) is 41.5 Å². The second kappa shape index (κ2) is 6.61. The summed E-state index contributed by atoms with van der Waals surface area (Å²) >= 11 is 3.43. The maximum absolute atomic E-state index is 12.3. The highest BCUT2D eigenvalue weighted by Gasteiger charge is 2.17. The van der Waals surface area contributed by atoms with Gasteiger partial charge in [0.2, 0.25) is 5.91 Å². The largest absolute Gasteiger partial charge is 0.324 e. The number of nitrogens with one attached hydrogen (secondary N) is 1. The van der Waals surface area contributed by atoms with Crippen molar-refractivity contribution < 1.29 is 4.79 Å². The first-order chi connectivity index (χ1) is 12.2. The molecule has 0 fully saturated rings. The van der Waals surface area contributed by atoms with Crippen molar-refractivity contribution in [2.75, 3.05) is 5.32 Å². The molecule has 0 saturated carbocycles. The smallest absolute Gasteiger partial charge is 0.230 e. The zero-order valence-electron chi connectivity index (χ0n) is 13.2. The number of halogens is 1. The van der Waals surface area contributed by atoms with Crippen LogP contribution in [0.1, 0.15) is 12.0 Å². The number of pyridine rings is 1. The summed E-state index contributed by atoms with van der Waals surface area (Å²) in [6.07, 6.45) is 3.82. The van der Waals surface area contributed by atoms with Gasteiger partial charge in [-0.3, -0.25) is 14.8 Å². The molecule has 2 heterocycles. The highest BCUT2D eigenvalue weighted by atomic mass is 79.9. The van der Waals surface area contributed by atoms with E-state index in [1.165, 1.54) is 0 Å². The highest BCUT2D eigenvalue weighted by molar-refractivity contribution is 9.10. The van der Waals surface area contributed by atoms with Crippen molar-refractivity contribution in [2.24, 2.45) is 4.99 Å². The molecule has 4 rings (SSSR count). The number of benzene rings is 2. The van der Waals surface area contributed by atoms with Crippen LogP contribution in [-0.2, 0) is 4.79 Å². The normalized spacial score (nSPS) is 13.5. The topological polar surface area (TPSA) is 54.4 Å². The lowest BCUT2D eigenvalue weighted by Gasteiger charge is -2.07. The van der Waals surface area contributed by atoms with Crippen LogP contribution in [0, 0.1) is 0 Å². The first-order valence-corrected chi connectivity index (χ1v) is 8.66. The van der Waals surface area contributed by atoms with E-state index in [0.29, 0.717) is 0 Å². The van der Waals surface area contributed by atoms with Gasteiger partial charge in [-0.1, -0.05) is 40.2 Å². The van der Waals surface area contributed by atoms with Gasteiger partial charge in [0.05, 0.1) is 23.5 Å². The lowest BCUT2D eigenvalue weighted by molar-refractivity contribution is -0.115. The van der Waals surface area contributed by atoms with E-state index in [-0.39, 0.29) is 12.3 Å². The van der Waals surface area contributed by atoms with Crippen LogP contribution in [0.4, 0.5) is 11.4 Å². The quantitative estimate of drug-likeness (QED) is 0.669. The summed E-state index contributed by atoms with van der Waals surface area (Å²) in [5.74, 6) is -0.0672. The van der Waals surface area contributed by atoms with E-state index in [9.17, 15) is 4.79 Å². The van der Waals surface area contributed by atoms with Crippen LogP contribution in [0.2, 0.25) is 0 Å². The third-order valence-corrected chi connectivity index (χ3v) is 4.50. The van der Waals surface area contributed by atoms with E-state index in [4.69, 9.17) is 4.99 Å². The van der Waals surface area contributed by atoms with E-state index in [0.717, 1.165) is 38.2 Å². The number of hydrogen-bond acceptors (Lipinski definition) is 3. The van der Waals surface area contributed by atoms with Gasteiger partial charge < -0.3 is 5.32 Å². The second-order valence-corrected chi connectivity index (χ2v) is 6.68. The van der Waals surface area contributed by atoms with E-state index in [1.807, 2.05) is 60.8 Å². The summed E-state index contributed by atoms with van der Waals surface area (Å²) in [5, 5.41) is 2.92. The molecule has 0 bridgehead atoms. The summed E-state index contributed by atoms with van der Waals surface area (Å²) in [5.41, 5.74) is 5.26. The van der Waals surface area contributed by atoms with Crippen LogP contribution >= 0.6 is 15.9 Å². The molecule has 0 radical (unpaired) electrons. The Morgan fingerprint density at radius 2 is 1.80 bits per heavy atom. The molecular weight excluding hydrogens is 378 g/mol. The van der Waals surface area contributed by atoms with Crippen molar-refractivity contribution in [2.45, 2.75) is 6.42 Å². The lowest BCUT2D eigenvalue weighted by atomic mass is 10.0. The summed E-state index contributed by atoms with van der Waals surface area (Å²) in [7, 11) is 0. The molecule has 1 aliphatic rings. The summed E-state index contributed by atoms with van der Waals surface area (Å²) in [4.78, 5) is 21.2. The van der Waals surface area contributed by atoms with Crippen molar-refractivity contribution in [1.82, 2.24) is 4.98 Å². The van der Waals surface area contributed by atoms with Crippen LogP contribution in [0.15, 0.2) is 76.5 Å². The molecule has 122 valence electrons. The number of nitrogens with zero attached hydrogens (tertiary/aromatic N) is 2. The van der Waals surface area contributed by atoms with Gasteiger partial charge in [0, 0.05) is 22.4 Å². The third kappa shape index (κ3) is 3.37. The van der Waals surface area contributed by atoms with Crippen LogP contribution in [-0.4, -0.2) is 16.6 Å². The van der Waals surface area contributed by atoms with Crippen molar-refractivity contribution in [3.8, 4) is 11.1 Å². The average molecular weight is 392 g/mol. The molecule has 0 spiro atoms. The number of aliphatic imine (C=N–C) groups is 1. The first-order valence-electron chi connectivity index (χ1n) is 7.87. The molecule has 0 aliphatic carbocycles. The Hall–Kier alpha value is -2.79. The fraction of sp³-hybridized carbons (Fsp3) is 0.0500. The molecule has 1 N–H and O–H groups in total. The number of carbonyl (C=O) groups excluding carboxylic acids is 1.